The van der Waals surface area contributed by atoms with Crippen LogP contribution in [-0.4, -0.2) is 37.5 Å². The van der Waals surface area contributed by atoms with Gasteiger partial charge in [-0.05, 0) is 0 Å². The molecule has 62 valence electrons. The second-order valence-electron chi connectivity index (χ2n) is 2.67. The summed E-state index contributed by atoms with van der Waals surface area (Å²) in [5, 5.41) is 0.939. The van der Waals surface area contributed by atoms with Crippen LogP contribution in [0.25, 0.3) is 0 Å². The molecule has 0 saturated heterocycles. The Bertz CT molecular complexity index is 208. The Hall–Kier alpha value is -0.840. The van der Waals surface area contributed by atoms with E-state index in [0.717, 1.165) is 11.1 Å². The minimum Gasteiger partial charge on any atom is -0.353 e. The summed E-state index contributed by atoms with van der Waals surface area (Å²) in [7, 11) is 7.78. The lowest BCUT2D eigenvalue weighted by atomic mass is 10.8. The molecule has 1 aromatic heterocycles. The van der Waals surface area contributed by atoms with Crippen molar-refractivity contribution in [2.75, 3.05) is 38.0 Å². The summed E-state index contributed by atoms with van der Waals surface area (Å²) in [5.41, 5.74) is 0. The molecule has 0 amide bonds. The predicted octanol–water partition coefficient (Wildman–Crippen LogP) is 0.670. The molecule has 0 N–H and O–H groups in total. The van der Waals surface area contributed by atoms with Crippen molar-refractivity contribution < 1.29 is 0 Å². The fourth-order valence-corrected chi connectivity index (χ4v) is 1.22. The van der Waals surface area contributed by atoms with E-state index in [1.165, 1.54) is 11.5 Å². The standard InChI is InChI=1S/C6H12N4S/c1-9(2)5-7-6(10(3)4)11-8-5/h1-4H3. The van der Waals surface area contributed by atoms with Crippen LogP contribution >= 0.6 is 11.5 Å². The maximum absolute atomic E-state index is 4.27. The Morgan fingerprint density at radius 1 is 1.09 bits per heavy atom. The van der Waals surface area contributed by atoms with Crippen molar-refractivity contribution in [3.8, 4) is 0 Å². The first kappa shape index (κ1) is 8.26. The molecule has 0 radical (unpaired) electrons. The molecule has 5 heteroatoms. The van der Waals surface area contributed by atoms with Gasteiger partial charge in [0.2, 0.25) is 11.1 Å². The van der Waals surface area contributed by atoms with Crippen molar-refractivity contribution in [2.24, 2.45) is 0 Å². The van der Waals surface area contributed by atoms with Crippen molar-refractivity contribution in [3.63, 3.8) is 0 Å². The van der Waals surface area contributed by atoms with Gasteiger partial charge in [0.1, 0.15) is 0 Å². The highest BCUT2D eigenvalue weighted by Gasteiger charge is 2.05. The van der Waals surface area contributed by atoms with Crippen LogP contribution in [-0.2, 0) is 0 Å². The minimum absolute atomic E-state index is 0.777. The van der Waals surface area contributed by atoms with Gasteiger partial charge in [0.25, 0.3) is 0 Å². The predicted molar refractivity (Wildman–Crippen MR) is 48.6 cm³/mol. The number of nitrogens with zero attached hydrogens (tertiary/aromatic N) is 4. The molecular weight excluding hydrogens is 160 g/mol. The van der Waals surface area contributed by atoms with Crippen molar-refractivity contribution in [1.82, 2.24) is 9.36 Å². The Labute approximate surface area is 70.6 Å². The van der Waals surface area contributed by atoms with Gasteiger partial charge in [0.05, 0.1) is 0 Å². The fraction of sp³-hybridized carbons (Fsp3) is 0.667. The van der Waals surface area contributed by atoms with Gasteiger partial charge in [0, 0.05) is 39.7 Å². The molecule has 11 heavy (non-hydrogen) atoms. The maximum Gasteiger partial charge on any atom is 0.238 e. The van der Waals surface area contributed by atoms with Gasteiger partial charge in [0.15, 0.2) is 0 Å². The number of hydrogen-bond donors (Lipinski definition) is 0. The fourth-order valence-electron chi connectivity index (χ4n) is 0.571. The lowest BCUT2D eigenvalue weighted by Gasteiger charge is -2.06. The first-order valence-corrected chi connectivity index (χ1v) is 4.07. The molecular formula is C6H12N4S. The molecule has 0 aromatic carbocycles. The molecule has 0 unspecified atom stereocenters. The molecule has 0 aliphatic heterocycles. The molecule has 1 rings (SSSR count). The molecule has 0 atom stereocenters. The summed E-state index contributed by atoms with van der Waals surface area (Å²) in [6.07, 6.45) is 0. The van der Waals surface area contributed by atoms with Crippen LogP contribution in [0.15, 0.2) is 0 Å². The quantitative estimate of drug-likeness (QED) is 0.656. The summed E-state index contributed by atoms with van der Waals surface area (Å²) in [5.74, 6) is 0.777. The van der Waals surface area contributed by atoms with E-state index >= 15 is 0 Å². The van der Waals surface area contributed by atoms with Crippen LogP contribution in [0.5, 0.6) is 0 Å². The molecule has 0 bridgehead atoms. The number of rotatable bonds is 2. The van der Waals surface area contributed by atoms with Gasteiger partial charge < -0.3 is 9.80 Å². The van der Waals surface area contributed by atoms with Crippen LogP contribution in [0, 0.1) is 0 Å². The summed E-state index contributed by atoms with van der Waals surface area (Å²) in [6, 6.07) is 0. The van der Waals surface area contributed by atoms with Gasteiger partial charge in [-0.3, -0.25) is 0 Å². The SMILES string of the molecule is CN(C)c1nsc(N(C)C)n1. The Morgan fingerprint density at radius 3 is 2.00 bits per heavy atom. The third-order valence-electron chi connectivity index (χ3n) is 1.19. The monoisotopic (exact) mass is 172 g/mol. The Morgan fingerprint density at radius 2 is 1.73 bits per heavy atom. The van der Waals surface area contributed by atoms with E-state index in [-0.39, 0.29) is 0 Å². The Balaban J connectivity index is 2.82. The minimum atomic E-state index is 0.777. The molecule has 1 heterocycles. The van der Waals surface area contributed by atoms with Crippen molar-refractivity contribution >= 4 is 22.6 Å². The molecule has 0 aliphatic carbocycles. The third kappa shape index (κ3) is 1.80. The van der Waals surface area contributed by atoms with Crippen LogP contribution in [0.2, 0.25) is 0 Å². The van der Waals surface area contributed by atoms with Crippen LogP contribution in [0.4, 0.5) is 11.1 Å². The average Bonchev–Trinajstić information content (AvgIpc) is 2.33. The van der Waals surface area contributed by atoms with E-state index in [4.69, 9.17) is 0 Å². The van der Waals surface area contributed by atoms with Crippen molar-refractivity contribution in [2.45, 2.75) is 0 Å². The molecule has 1 aromatic rings. The Kier molecular flexibility index (Phi) is 2.28. The average molecular weight is 172 g/mol. The van der Waals surface area contributed by atoms with E-state index in [1.54, 1.807) is 0 Å². The topological polar surface area (TPSA) is 32.3 Å². The van der Waals surface area contributed by atoms with E-state index in [9.17, 15) is 0 Å². The molecule has 0 saturated carbocycles. The number of aromatic nitrogens is 2. The van der Waals surface area contributed by atoms with E-state index < -0.39 is 0 Å². The van der Waals surface area contributed by atoms with Gasteiger partial charge in [-0.25, -0.2) is 0 Å². The molecule has 4 nitrogen and oxygen atoms in total. The van der Waals surface area contributed by atoms with E-state index in [2.05, 4.69) is 9.36 Å². The van der Waals surface area contributed by atoms with Crippen LogP contribution in [0.1, 0.15) is 0 Å². The molecule has 0 fully saturated rings. The maximum atomic E-state index is 4.27. The summed E-state index contributed by atoms with van der Waals surface area (Å²) in [6.45, 7) is 0. The zero-order chi connectivity index (χ0) is 8.43. The largest absolute Gasteiger partial charge is 0.353 e. The number of hydrogen-bond acceptors (Lipinski definition) is 5. The van der Waals surface area contributed by atoms with E-state index in [0.29, 0.717) is 0 Å². The van der Waals surface area contributed by atoms with E-state index in [1.807, 2.05) is 38.0 Å². The zero-order valence-electron chi connectivity index (χ0n) is 7.20. The molecule has 0 aliphatic rings. The number of anilines is 2. The summed E-state index contributed by atoms with van der Waals surface area (Å²) in [4.78, 5) is 8.11. The normalized spacial score (nSPS) is 9.82. The van der Waals surface area contributed by atoms with Crippen LogP contribution < -0.4 is 9.80 Å². The first-order chi connectivity index (χ1) is 5.11. The highest BCUT2D eigenvalue weighted by molar-refractivity contribution is 7.09. The first-order valence-electron chi connectivity index (χ1n) is 3.29. The van der Waals surface area contributed by atoms with Gasteiger partial charge in [-0.15, -0.1) is 0 Å². The lowest BCUT2D eigenvalue weighted by Crippen LogP contribution is -2.12. The van der Waals surface area contributed by atoms with Gasteiger partial charge >= 0.3 is 0 Å². The second kappa shape index (κ2) is 3.04. The lowest BCUT2D eigenvalue weighted by molar-refractivity contribution is 1.02. The summed E-state index contributed by atoms with van der Waals surface area (Å²) < 4.78 is 4.15. The molecule has 0 spiro atoms. The third-order valence-corrected chi connectivity index (χ3v) is 2.06. The van der Waals surface area contributed by atoms with Crippen LogP contribution in [0.3, 0.4) is 0 Å². The van der Waals surface area contributed by atoms with Gasteiger partial charge in [-0.2, -0.15) is 9.36 Å². The zero-order valence-corrected chi connectivity index (χ0v) is 8.01. The second-order valence-corrected chi connectivity index (χ2v) is 3.40. The highest BCUT2D eigenvalue weighted by Crippen LogP contribution is 2.17. The highest BCUT2D eigenvalue weighted by atomic mass is 32.1. The summed E-state index contributed by atoms with van der Waals surface area (Å²) >= 11 is 1.41. The van der Waals surface area contributed by atoms with Crippen molar-refractivity contribution in [1.29, 1.82) is 0 Å². The van der Waals surface area contributed by atoms with Crippen molar-refractivity contribution in [3.05, 3.63) is 0 Å². The van der Waals surface area contributed by atoms with Gasteiger partial charge in [-0.1, -0.05) is 0 Å². The smallest absolute Gasteiger partial charge is 0.238 e.